The van der Waals surface area contributed by atoms with Gasteiger partial charge in [0.05, 0.1) is 6.10 Å². The Morgan fingerprint density at radius 1 is 1.38 bits per heavy atom. The predicted molar refractivity (Wildman–Crippen MR) is 62.0 cm³/mol. The Morgan fingerprint density at radius 2 is 2.25 bits per heavy atom. The van der Waals surface area contributed by atoms with E-state index in [9.17, 15) is 9.90 Å². The summed E-state index contributed by atoms with van der Waals surface area (Å²) in [5, 5.41) is 15.7. The highest BCUT2D eigenvalue weighted by molar-refractivity contribution is 5.76. The van der Waals surface area contributed by atoms with E-state index in [4.69, 9.17) is 0 Å². The lowest BCUT2D eigenvalue weighted by Crippen LogP contribution is -2.34. The lowest BCUT2D eigenvalue weighted by Gasteiger charge is -2.13. The molecule has 92 valence electrons. The molecule has 2 fully saturated rings. The van der Waals surface area contributed by atoms with Crippen LogP contribution in [-0.4, -0.2) is 36.2 Å². The molecule has 3 atom stereocenters. The Hall–Kier alpha value is -0.610. The number of hydrogen-bond donors (Lipinski definition) is 3. The first-order chi connectivity index (χ1) is 7.74. The number of carbonyl (C=O) groups excluding carboxylic acids is 1. The Balaban J connectivity index is 1.60. The Morgan fingerprint density at radius 3 is 2.88 bits per heavy atom. The average Bonchev–Trinajstić information content (AvgIpc) is 2.87. The molecule has 16 heavy (non-hydrogen) atoms. The van der Waals surface area contributed by atoms with Crippen molar-refractivity contribution in [2.45, 2.75) is 50.7 Å². The molecule has 3 unspecified atom stereocenters. The molecule has 0 aromatic rings. The molecular formula is C12H22N2O2. The molecule has 0 aromatic carbocycles. The van der Waals surface area contributed by atoms with Gasteiger partial charge in [0.25, 0.3) is 0 Å². The zero-order chi connectivity index (χ0) is 11.4. The second-order valence-corrected chi connectivity index (χ2v) is 5.13. The van der Waals surface area contributed by atoms with Crippen LogP contribution in [0.2, 0.25) is 0 Å². The van der Waals surface area contributed by atoms with E-state index in [2.05, 4.69) is 10.6 Å². The smallest absolute Gasteiger partial charge is 0.221 e. The molecule has 0 bridgehead atoms. The Bertz CT molecular complexity index is 239. The van der Waals surface area contributed by atoms with Crippen LogP contribution in [0.5, 0.6) is 0 Å². The summed E-state index contributed by atoms with van der Waals surface area (Å²) in [6.07, 6.45) is 5.56. The monoisotopic (exact) mass is 226 g/mol. The molecule has 0 spiro atoms. The van der Waals surface area contributed by atoms with Gasteiger partial charge in [0, 0.05) is 19.0 Å². The van der Waals surface area contributed by atoms with Crippen LogP contribution >= 0.6 is 0 Å². The summed E-state index contributed by atoms with van der Waals surface area (Å²) in [6.45, 7) is 1.79. The van der Waals surface area contributed by atoms with Crippen LogP contribution < -0.4 is 10.6 Å². The van der Waals surface area contributed by atoms with E-state index < -0.39 is 0 Å². The number of amides is 1. The molecule has 4 heteroatoms. The van der Waals surface area contributed by atoms with Gasteiger partial charge in [0.2, 0.25) is 5.91 Å². The second kappa shape index (κ2) is 5.64. The molecule has 2 rings (SSSR count). The fourth-order valence-electron chi connectivity index (χ4n) is 2.72. The van der Waals surface area contributed by atoms with Crippen LogP contribution in [-0.2, 0) is 4.79 Å². The van der Waals surface area contributed by atoms with Gasteiger partial charge in [0.1, 0.15) is 0 Å². The van der Waals surface area contributed by atoms with Crippen molar-refractivity contribution < 1.29 is 9.90 Å². The van der Waals surface area contributed by atoms with Gasteiger partial charge in [-0.05, 0) is 44.6 Å². The SMILES string of the molecule is O=C(CC1CCCN1)NCC1CCC(O)C1. The summed E-state index contributed by atoms with van der Waals surface area (Å²) in [6, 6.07) is 0.383. The topological polar surface area (TPSA) is 61.4 Å². The summed E-state index contributed by atoms with van der Waals surface area (Å²) in [7, 11) is 0. The van der Waals surface area contributed by atoms with E-state index in [1.54, 1.807) is 0 Å². The standard InChI is InChI=1S/C12H22N2O2/c15-11-4-3-9(6-11)8-14-12(16)7-10-2-1-5-13-10/h9-11,13,15H,1-8H2,(H,14,16). The summed E-state index contributed by atoms with van der Waals surface area (Å²) < 4.78 is 0. The summed E-state index contributed by atoms with van der Waals surface area (Å²) in [5.41, 5.74) is 0. The third kappa shape index (κ3) is 3.46. The molecule has 1 aliphatic heterocycles. The van der Waals surface area contributed by atoms with Crippen molar-refractivity contribution in [3.8, 4) is 0 Å². The highest BCUT2D eigenvalue weighted by atomic mass is 16.3. The van der Waals surface area contributed by atoms with Crippen LogP contribution in [0, 0.1) is 5.92 Å². The predicted octanol–water partition coefficient (Wildman–Crippen LogP) is 0.406. The van der Waals surface area contributed by atoms with Crippen LogP contribution in [0.25, 0.3) is 0 Å². The molecule has 1 heterocycles. The second-order valence-electron chi connectivity index (χ2n) is 5.13. The lowest BCUT2D eigenvalue weighted by atomic mass is 10.1. The van der Waals surface area contributed by atoms with Gasteiger partial charge in [-0.1, -0.05) is 0 Å². The van der Waals surface area contributed by atoms with Crippen molar-refractivity contribution in [3.63, 3.8) is 0 Å². The minimum absolute atomic E-state index is 0.140. The van der Waals surface area contributed by atoms with E-state index in [1.165, 1.54) is 6.42 Å². The first-order valence-electron chi connectivity index (χ1n) is 6.42. The zero-order valence-corrected chi connectivity index (χ0v) is 9.74. The molecule has 1 saturated heterocycles. The first kappa shape index (κ1) is 11.9. The van der Waals surface area contributed by atoms with Gasteiger partial charge >= 0.3 is 0 Å². The van der Waals surface area contributed by atoms with Crippen molar-refractivity contribution in [1.29, 1.82) is 0 Å². The van der Waals surface area contributed by atoms with E-state index in [0.717, 1.165) is 38.8 Å². The highest BCUT2D eigenvalue weighted by Crippen LogP contribution is 2.24. The van der Waals surface area contributed by atoms with E-state index >= 15 is 0 Å². The quantitative estimate of drug-likeness (QED) is 0.650. The highest BCUT2D eigenvalue weighted by Gasteiger charge is 2.23. The maximum absolute atomic E-state index is 11.6. The third-order valence-corrected chi connectivity index (χ3v) is 3.70. The van der Waals surface area contributed by atoms with Crippen molar-refractivity contribution in [2.24, 2.45) is 5.92 Å². The molecule has 0 aromatic heterocycles. The molecule has 0 radical (unpaired) electrons. The van der Waals surface area contributed by atoms with Crippen molar-refractivity contribution in [1.82, 2.24) is 10.6 Å². The number of carbonyl (C=O) groups is 1. The molecule has 1 aliphatic carbocycles. The Labute approximate surface area is 96.8 Å². The molecule has 2 aliphatic rings. The molecule has 4 nitrogen and oxygen atoms in total. The summed E-state index contributed by atoms with van der Waals surface area (Å²) in [4.78, 5) is 11.6. The van der Waals surface area contributed by atoms with Gasteiger partial charge in [-0.3, -0.25) is 4.79 Å². The first-order valence-corrected chi connectivity index (χ1v) is 6.42. The number of aliphatic hydroxyl groups is 1. The maximum Gasteiger partial charge on any atom is 0.221 e. The van der Waals surface area contributed by atoms with Gasteiger partial charge < -0.3 is 15.7 Å². The summed E-state index contributed by atoms with van der Waals surface area (Å²) in [5.74, 6) is 0.635. The molecule has 1 amide bonds. The van der Waals surface area contributed by atoms with Crippen molar-refractivity contribution in [3.05, 3.63) is 0 Å². The number of rotatable bonds is 4. The van der Waals surface area contributed by atoms with Crippen molar-refractivity contribution >= 4 is 5.91 Å². The average molecular weight is 226 g/mol. The molecular weight excluding hydrogens is 204 g/mol. The maximum atomic E-state index is 11.6. The Kier molecular flexibility index (Phi) is 4.18. The number of aliphatic hydroxyl groups excluding tert-OH is 1. The van der Waals surface area contributed by atoms with E-state index in [0.29, 0.717) is 18.4 Å². The van der Waals surface area contributed by atoms with E-state index in [1.807, 2.05) is 0 Å². The lowest BCUT2D eigenvalue weighted by molar-refractivity contribution is -0.121. The van der Waals surface area contributed by atoms with E-state index in [-0.39, 0.29) is 12.0 Å². The van der Waals surface area contributed by atoms with Crippen LogP contribution in [0.3, 0.4) is 0 Å². The van der Waals surface area contributed by atoms with Gasteiger partial charge in [-0.25, -0.2) is 0 Å². The normalized spacial score (nSPS) is 34.2. The summed E-state index contributed by atoms with van der Waals surface area (Å²) >= 11 is 0. The molecule has 1 saturated carbocycles. The largest absolute Gasteiger partial charge is 0.393 e. The van der Waals surface area contributed by atoms with Gasteiger partial charge in [-0.15, -0.1) is 0 Å². The fraction of sp³-hybridized carbons (Fsp3) is 0.917. The number of hydrogen-bond acceptors (Lipinski definition) is 3. The minimum atomic E-state index is -0.140. The number of nitrogens with one attached hydrogen (secondary N) is 2. The minimum Gasteiger partial charge on any atom is -0.393 e. The van der Waals surface area contributed by atoms with Gasteiger partial charge in [-0.2, -0.15) is 0 Å². The molecule has 3 N–H and O–H groups in total. The van der Waals surface area contributed by atoms with Gasteiger partial charge in [0.15, 0.2) is 0 Å². The van der Waals surface area contributed by atoms with Crippen LogP contribution in [0.15, 0.2) is 0 Å². The van der Waals surface area contributed by atoms with Crippen LogP contribution in [0.4, 0.5) is 0 Å². The fourth-order valence-corrected chi connectivity index (χ4v) is 2.72. The van der Waals surface area contributed by atoms with Crippen molar-refractivity contribution in [2.75, 3.05) is 13.1 Å². The zero-order valence-electron chi connectivity index (χ0n) is 9.74. The van der Waals surface area contributed by atoms with Crippen LogP contribution in [0.1, 0.15) is 38.5 Å². The third-order valence-electron chi connectivity index (χ3n) is 3.70.